The van der Waals surface area contributed by atoms with E-state index in [2.05, 4.69) is 4.98 Å². The molecule has 1 saturated carbocycles. The van der Waals surface area contributed by atoms with Crippen molar-refractivity contribution in [3.8, 4) is 0 Å². The molecule has 0 radical (unpaired) electrons. The first-order valence-electron chi connectivity index (χ1n) is 6.53. The maximum Gasteiger partial charge on any atom is 0.223 e. The molecule has 3 rings (SSSR count). The summed E-state index contributed by atoms with van der Waals surface area (Å²) in [5.74, 6) is 0.912. The fourth-order valence-electron chi connectivity index (χ4n) is 2.37. The zero-order chi connectivity index (χ0) is 12.5. The first-order chi connectivity index (χ1) is 8.74. The number of carbonyl (C=O) groups is 1. The summed E-state index contributed by atoms with van der Waals surface area (Å²) in [5, 5.41) is 3.09. The molecule has 1 saturated heterocycles. The van der Waals surface area contributed by atoms with Crippen molar-refractivity contribution in [3.63, 3.8) is 0 Å². The smallest absolute Gasteiger partial charge is 0.223 e. The molecule has 0 spiro atoms. The van der Waals surface area contributed by atoms with E-state index in [1.165, 1.54) is 12.8 Å². The Kier molecular flexibility index (Phi) is 3.35. The van der Waals surface area contributed by atoms with Gasteiger partial charge in [-0.3, -0.25) is 4.79 Å². The number of nitrogens with zero attached hydrogens (tertiary/aromatic N) is 2. The molecular formula is C13H18N2O2S. The van der Waals surface area contributed by atoms with E-state index < -0.39 is 0 Å². The summed E-state index contributed by atoms with van der Waals surface area (Å²) < 4.78 is 5.52. The van der Waals surface area contributed by atoms with Gasteiger partial charge in [-0.1, -0.05) is 0 Å². The average Bonchev–Trinajstić information content (AvgIpc) is 3.08. The predicted molar refractivity (Wildman–Crippen MR) is 69.5 cm³/mol. The number of ether oxygens (including phenoxy) is 1. The molecule has 18 heavy (non-hydrogen) atoms. The van der Waals surface area contributed by atoms with Gasteiger partial charge in [-0.05, 0) is 25.7 Å². The molecule has 2 fully saturated rings. The second-order valence-electron chi connectivity index (χ2n) is 5.12. The van der Waals surface area contributed by atoms with Gasteiger partial charge in [0.05, 0.1) is 30.0 Å². The van der Waals surface area contributed by atoms with Gasteiger partial charge in [-0.2, -0.15) is 0 Å². The molecule has 1 amide bonds. The number of aryl methyl sites for hydroxylation is 1. The third-order valence-corrected chi connectivity index (χ3v) is 4.38. The third-order valence-electron chi connectivity index (χ3n) is 3.59. The van der Waals surface area contributed by atoms with Gasteiger partial charge in [0, 0.05) is 18.3 Å². The highest BCUT2D eigenvalue weighted by atomic mass is 32.1. The molecule has 1 aliphatic heterocycles. The van der Waals surface area contributed by atoms with E-state index in [4.69, 9.17) is 4.74 Å². The second kappa shape index (κ2) is 4.97. The van der Waals surface area contributed by atoms with Crippen LogP contribution in [0.4, 0.5) is 0 Å². The number of thiazole rings is 1. The van der Waals surface area contributed by atoms with Gasteiger partial charge >= 0.3 is 0 Å². The molecule has 1 aliphatic carbocycles. The average molecular weight is 266 g/mol. The molecular weight excluding hydrogens is 248 g/mol. The van der Waals surface area contributed by atoms with Crippen molar-refractivity contribution >= 4 is 17.2 Å². The second-order valence-corrected chi connectivity index (χ2v) is 6.18. The Labute approximate surface area is 111 Å². The Bertz CT molecular complexity index is 442. The van der Waals surface area contributed by atoms with E-state index in [9.17, 15) is 4.79 Å². The number of carbonyl (C=O) groups excluding carboxylic acids is 1. The van der Waals surface area contributed by atoms with Crippen molar-refractivity contribution in [1.82, 2.24) is 9.88 Å². The summed E-state index contributed by atoms with van der Waals surface area (Å²) in [6.45, 7) is 3.93. The molecule has 2 aliphatic rings. The molecule has 0 bridgehead atoms. The zero-order valence-corrected chi connectivity index (χ0v) is 11.4. The first kappa shape index (κ1) is 12.1. The summed E-state index contributed by atoms with van der Waals surface area (Å²) in [6.07, 6.45) is 3.15. The molecule has 98 valence electrons. The molecule has 5 heteroatoms. The normalized spacial score (nSPS) is 24.3. The topological polar surface area (TPSA) is 42.4 Å². The number of amides is 1. The minimum atomic E-state index is 0.0231. The maximum atomic E-state index is 12.3. The Morgan fingerprint density at radius 3 is 3.11 bits per heavy atom. The van der Waals surface area contributed by atoms with Gasteiger partial charge in [0.1, 0.15) is 0 Å². The highest BCUT2D eigenvalue weighted by Crippen LogP contribution is 2.34. The number of hydrogen-bond acceptors (Lipinski definition) is 4. The number of aromatic nitrogens is 1. The van der Waals surface area contributed by atoms with Crippen LogP contribution in [0.3, 0.4) is 0 Å². The maximum absolute atomic E-state index is 12.3. The van der Waals surface area contributed by atoms with Crippen LogP contribution in [0.1, 0.15) is 36.0 Å². The van der Waals surface area contributed by atoms with E-state index >= 15 is 0 Å². The van der Waals surface area contributed by atoms with Gasteiger partial charge in [0.15, 0.2) is 0 Å². The van der Waals surface area contributed by atoms with Crippen LogP contribution in [-0.2, 0) is 9.53 Å². The van der Waals surface area contributed by atoms with E-state index in [0.29, 0.717) is 32.1 Å². The molecule has 0 unspecified atom stereocenters. The van der Waals surface area contributed by atoms with Crippen LogP contribution in [0, 0.1) is 12.8 Å². The van der Waals surface area contributed by atoms with Crippen molar-refractivity contribution in [2.24, 2.45) is 5.92 Å². The summed E-state index contributed by atoms with van der Waals surface area (Å²) in [4.78, 5) is 18.8. The summed E-state index contributed by atoms with van der Waals surface area (Å²) in [5.41, 5.74) is 0.987. The van der Waals surface area contributed by atoms with E-state index in [-0.39, 0.29) is 11.9 Å². The van der Waals surface area contributed by atoms with Crippen molar-refractivity contribution in [3.05, 3.63) is 16.1 Å². The van der Waals surface area contributed by atoms with Gasteiger partial charge in [0.2, 0.25) is 5.91 Å². The van der Waals surface area contributed by atoms with E-state index in [0.717, 1.165) is 10.7 Å². The number of rotatable bonds is 3. The van der Waals surface area contributed by atoms with E-state index in [1.807, 2.05) is 17.2 Å². The van der Waals surface area contributed by atoms with Crippen molar-refractivity contribution in [2.75, 3.05) is 19.8 Å². The lowest BCUT2D eigenvalue weighted by Gasteiger charge is -2.34. The zero-order valence-electron chi connectivity index (χ0n) is 10.6. The van der Waals surface area contributed by atoms with Crippen LogP contribution < -0.4 is 0 Å². The minimum Gasteiger partial charge on any atom is -0.377 e. The quantitative estimate of drug-likeness (QED) is 0.842. The van der Waals surface area contributed by atoms with Crippen molar-refractivity contribution in [2.45, 2.75) is 32.2 Å². The molecule has 1 atom stereocenters. The van der Waals surface area contributed by atoms with Crippen LogP contribution in [0.2, 0.25) is 0 Å². The van der Waals surface area contributed by atoms with Crippen molar-refractivity contribution < 1.29 is 9.53 Å². The molecule has 0 N–H and O–H groups in total. The van der Waals surface area contributed by atoms with E-state index in [1.54, 1.807) is 11.3 Å². The Morgan fingerprint density at radius 2 is 2.44 bits per heavy atom. The molecule has 1 aromatic heterocycles. The van der Waals surface area contributed by atoms with Gasteiger partial charge in [-0.25, -0.2) is 4.98 Å². The molecule has 0 aromatic carbocycles. The molecule has 2 heterocycles. The summed E-state index contributed by atoms with van der Waals surface area (Å²) in [6, 6.07) is 0.0231. The lowest BCUT2D eigenvalue weighted by atomic mass is 10.1. The van der Waals surface area contributed by atoms with Gasteiger partial charge in [-0.15, -0.1) is 11.3 Å². The minimum absolute atomic E-state index is 0.0231. The Hall–Kier alpha value is -0.940. The van der Waals surface area contributed by atoms with Crippen LogP contribution in [0.25, 0.3) is 0 Å². The third kappa shape index (κ3) is 2.57. The fourth-order valence-corrected chi connectivity index (χ4v) is 3.03. The highest BCUT2D eigenvalue weighted by molar-refractivity contribution is 7.09. The van der Waals surface area contributed by atoms with Gasteiger partial charge in [0.25, 0.3) is 0 Å². The monoisotopic (exact) mass is 266 g/mol. The fraction of sp³-hybridized carbons (Fsp3) is 0.692. The largest absolute Gasteiger partial charge is 0.377 e. The highest BCUT2D eigenvalue weighted by Gasteiger charge is 2.33. The lowest BCUT2D eigenvalue weighted by Crippen LogP contribution is -2.43. The first-order valence-corrected chi connectivity index (χ1v) is 7.41. The summed E-state index contributed by atoms with van der Waals surface area (Å²) >= 11 is 1.63. The van der Waals surface area contributed by atoms with Gasteiger partial charge < -0.3 is 9.64 Å². The SMILES string of the molecule is Cc1nc([C@@H]2COCCN2C(=O)CC2CC2)cs1. The number of hydrogen-bond donors (Lipinski definition) is 0. The van der Waals surface area contributed by atoms with Crippen LogP contribution >= 0.6 is 11.3 Å². The summed E-state index contributed by atoms with van der Waals surface area (Å²) in [7, 11) is 0. The molecule has 1 aromatic rings. The standard InChI is InChI=1S/C13H18N2O2S/c1-9-14-11(8-18-9)12-7-17-5-4-15(12)13(16)6-10-2-3-10/h8,10,12H,2-7H2,1H3/t12-/m0/s1. The van der Waals surface area contributed by atoms with Crippen LogP contribution in [0.5, 0.6) is 0 Å². The number of morpholine rings is 1. The van der Waals surface area contributed by atoms with Crippen LogP contribution in [-0.4, -0.2) is 35.5 Å². The van der Waals surface area contributed by atoms with Crippen LogP contribution in [0.15, 0.2) is 5.38 Å². The lowest BCUT2D eigenvalue weighted by molar-refractivity contribution is -0.140. The Balaban J connectivity index is 1.74. The van der Waals surface area contributed by atoms with Crippen molar-refractivity contribution in [1.29, 1.82) is 0 Å². The Morgan fingerprint density at radius 1 is 1.61 bits per heavy atom. The molecule has 4 nitrogen and oxygen atoms in total. The predicted octanol–water partition coefficient (Wildman–Crippen LogP) is 2.15.